The van der Waals surface area contributed by atoms with Crippen molar-refractivity contribution in [1.29, 1.82) is 0 Å². The molecule has 2 amide bonds. The number of ether oxygens (including phenoxy) is 3. The molecule has 4 aromatic carbocycles. The highest BCUT2D eigenvalue weighted by Crippen LogP contribution is 2.42. The van der Waals surface area contributed by atoms with Gasteiger partial charge in [0.05, 0.1) is 19.8 Å². The van der Waals surface area contributed by atoms with Gasteiger partial charge in [-0.2, -0.15) is 0 Å². The number of likely N-dealkylation sites (tertiary alicyclic amines) is 1. The molecule has 0 saturated carbocycles. The van der Waals surface area contributed by atoms with Crippen molar-refractivity contribution in [2.45, 2.75) is 71.2 Å². The Hall–Kier alpha value is -4.90. The summed E-state index contributed by atoms with van der Waals surface area (Å²) in [7, 11) is 1.75. The molecule has 0 aliphatic carbocycles. The van der Waals surface area contributed by atoms with E-state index in [1.54, 1.807) is 39.2 Å². The number of hydrogen-bond donors (Lipinski definition) is 3. The van der Waals surface area contributed by atoms with Crippen molar-refractivity contribution in [3.63, 3.8) is 0 Å². The molecule has 1 aromatic heterocycles. The van der Waals surface area contributed by atoms with Crippen molar-refractivity contribution >= 4 is 39.1 Å². The molecule has 1 aliphatic heterocycles. The first-order valence-corrected chi connectivity index (χ1v) is 19.0. The Morgan fingerprint density at radius 3 is 2.38 bits per heavy atom. The second-order valence-corrected chi connectivity index (χ2v) is 15.6. The van der Waals surface area contributed by atoms with Crippen LogP contribution in [0, 0.1) is 0 Å². The number of carbonyl (C=O) groups is 2. The number of benzene rings is 4. The van der Waals surface area contributed by atoms with Crippen molar-refractivity contribution in [1.82, 2.24) is 10.2 Å². The van der Waals surface area contributed by atoms with Crippen LogP contribution in [0.4, 0.5) is 10.5 Å². The van der Waals surface area contributed by atoms with Gasteiger partial charge < -0.3 is 30.0 Å². The van der Waals surface area contributed by atoms with Crippen LogP contribution in [0.3, 0.4) is 0 Å². The highest BCUT2D eigenvalue weighted by Gasteiger charge is 2.22. The standard InChI is InChI=1S/C43H49N3O6S/c1-43(2,3)52-42(49)45-34(27-47)24-40(48)44-33-16-14-31(15-17-33)41-37(22-30-12-13-32(38(23-30)50-4)26-46-20-8-9-21-46)36-19-18-35(25-39(36)53-41)51-28-29-10-6-5-7-11-29/h5-7,10-19,23,25,34,47H,8-9,20-22,24,26-28H2,1-4H3,(H,44,48)(H,45,49). The Kier molecular flexibility index (Phi) is 12.3. The van der Waals surface area contributed by atoms with Crippen LogP contribution in [0.1, 0.15) is 62.3 Å². The van der Waals surface area contributed by atoms with E-state index in [1.807, 2.05) is 48.5 Å². The first-order valence-electron chi connectivity index (χ1n) is 18.2. The summed E-state index contributed by atoms with van der Waals surface area (Å²) in [5.74, 6) is 1.39. The van der Waals surface area contributed by atoms with Crippen molar-refractivity contribution in [3.8, 4) is 21.9 Å². The number of anilines is 1. The number of amides is 2. The number of hydrogen-bond acceptors (Lipinski definition) is 8. The average molecular weight is 736 g/mol. The van der Waals surface area contributed by atoms with E-state index in [1.165, 1.54) is 34.9 Å². The average Bonchev–Trinajstić information content (AvgIpc) is 3.78. The first-order chi connectivity index (χ1) is 25.6. The van der Waals surface area contributed by atoms with Crippen LogP contribution in [-0.4, -0.2) is 60.5 Å². The van der Waals surface area contributed by atoms with Crippen molar-refractivity contribution in [2.24, 2.45) is 0 Å². The monoisotopic (exact) mass is 735 g/mol. The molecule has 1 aliphatic rings. The summed E-state index contributed by atoms with van der Waals surface area (Å²) < 4.78 is 18.5. The van der Waals surface area contributed by atoms with E-state index >= 15 is 0 Å². The molecule has 53 heavy (non-hydrogen) atoms. The minimum Gasteiger partial charge on any atom is -0.496 e. The number of rotatable bonds is 14. The third-order valence-electron chi connectivity index (χ3n) is 9.14. The van der Waals surface area contributed by atoms with Crippen LogP contribution < -0.4 is 20.1 Å². The smallest absolute Gasteiger partial charge is 0.407 e. The lowest BCUT2D eigenvalue weighted by Crippen LogP contribution is -2.42. The van der Waals surface area contributed by atoms with Crippen LogP contribution in [0.15, 0.2) is 91.0 Å². The van der Waals surface area contributed by atoms with E-state index in [0.29, 0.717) is 18.7 Å². The predicted octanol–water partition coefficient (Wildman–Crippen LogP) is 8.56. The SMILES string of the molecule is COc1cc(Cc2c(-c3ccc(NC(=O)CC(CO)NC(=O)OC(C)(C)C)cc3)sc3cc(OCc4ccccc4)ccc23)ccc1CN1CCCC1. The number of alkyl carbamates (subject to hydrolysis) is 1. The maximum absolute atomic E-state index is 12.9. The number of nitrogens with zero attached hydrogens (tertiary/aromatic N) is 1. The van der Waals surface area contributed by atoms with Gasteiger partial charge >= 0.3 is 6.09 Å². The second kappa shape index (κ2) is 17.3. The molecule has 10 heteroatoms. The Bertz CT molecular complexity index is 2000. The third-order valence-corrected chi connectivity index (χ3v) is 10.4. The van der Waals surface area contributed by atoms with Gasteiger partial charge in [0.15, 0.2) is 0 Å². The molecule has 0 spiro atoms. The number of fused-ring (bicyclic) bond motifs is 1. The quantitative estimate of drug-likeness (QED) is 0.105. The van der Waals surface area contributed by atoms with Gasteiger partial charge in [0.1, 0.15) is 23.7 Å². The highest BCUT2D eigenvalue weighted by molar-refractivity contribution is 7.22. The van der Waals surface area contributed by atoms with E-state index in [4.69, 9.17) is 14.2 Å². The van der Waals surface area contributed by atoms with Gasteiger partial charge in [-0.1, -0.05) is 54.6 Å². The van der Waals surface area contributed by atoms with Crippen LogP contribution >= 0.6 is 11.3 Å². The number of aliphatic hydroxyl groups is 1. The Balaban J connectivity index is 1.23. The maximum Gasteiger partial charge on any atom is 0.407 e. The van der Waals surface area contributed by atoms with E-state index in [-0.39, 0.29) is 12.3 Å². The van der Waals surface area contributed by atoms with Crippen LogP contribution in [0.25, 0.3) is 20.5 Å². The molecule has 6 rings (SSSR count). The Labute approximate surface area is 315 Å². The van der Waals surface area contributed by atoms with Gasteiger partial charge in [0.25, 0.3) is 0 Å². The van der Waals surface area contributed by atoms with Gasteiger partial charge in [-0.25, -0.2) is 4.79 Å². The van der Waals surface area contributed by atoms with Gasteiger partial charge in [-0.15, -0.1) is 11.3 Å². The Morgan fingerprint density at radius 2 is 1.68 bits per heavy atom. The first kappa shape index (κ1) is 37.8. The molecule has 5 aromatic rings. The van der Waals surface area contributed by atoms with E-state index in [0.717, 1.165) is 51.8 Å². The number of thiophene rings is 1. The minimum atomic E-state index is -0.778. The molecule has 1 saturated heterocycles. The fourth-order valence-electron chi connectivity index (χ4n) is 6.56. The largest absolute Gasteiger partial charge is 0.496 e. The highest BCUT2D eigenvalue weighted by atomic mass is 32.1. The summed E-state index contributed by atoms with van der Waals surface area (Å²) in [5, 5.41) is 16.4. The van der Waals surface area contributed by atoms with Crippen molar-refractivity contribution in [2.75, 3.05) is 32.1 Å². The molecule has 3 N–H and O–H groups in total. The molecule has 1 unspecified atom stereocenters. The number of carbonyl (C=O) groups excluding carboxylic acids is 2. The van der Waals surface area contributed by atoms with Crippen LogP contribution in [-0.2, 0) is 29.1 Å². The molecule has 0 bridgehead atoms. The summed E-state index contributed by atoms with van der Waals surface area (Å²) in [5.41, 5.74) is 5.65. The second-order valence-electron chi connectivity index (χ2n) is 14.5. The van der Waals surface area contributed by atoms with Gasteiger partial charge in [-0.3, -0.25) is 9.69 Å². The number of methoxy groups -OCH3 is 1. The summed E-state index contributed by atoms with van der Waals surface area (Å²) in [6, 6.07) is 30.1. The van der Waals surface area contributed by atoms with Gasteiger partial charge in [-0.05, 0) is 117 Å². The molecule has 278 valence electrons. The zero-order chi connectivity index (χ0) is 37.4. The number of nitrogens with one attached hydrogen (secondary N) is 2. The molecule has 2 heterocycles. The summed E-state index contributed by atoms with van der Waals surface area (Å²) >= 11 is 1.72. The molecule has 1 atom stereocenters. The molecule has 0 radical (unpaired) electrons. The number of aliphatic hydroxyl groups excluding tert-OH is 1. The minimum absolute atomic E-state index is 0.104. The van der Waals surface area contributed by atoms with E-state index in [9.17, 15) is 14.7 Å². The van der Waals surface area contributed by atoms with Gasteiger partial charge in [0, 0.05) is 33.8 Å². The normalized spacial score (nSPS) is 13.8. The van der Waals surface area contributed by atoms with E-state index < -0.39 is 24.3 Å². The topological polar surface area (TPSA) is 109 Å². The fourth-order valence-corrected chi connectivity index (χ4v) is 7.82. The molecular formula is C43H49N3O6S. The summed E-state index contributed by atoms with van der Waals surface area (Å²) in [6.45, 7) is 8.50. The summed E-state index contributed by atoms with van der Waals surface area (Å²) in [6.07, 6.45) is 2.42. The fraction of sp³-hybridized carbons (Fsp3) is 0.349. The van der Waals surface area contributed by atoms with E-state index in [2.05, 4.69) is 58.0 Å². The lowest BCUT2D eigenvalue weighted by molar-refractivity contribution is -0.116. The lowest BCUT2D eigenvalue weighted by Gasteiger charge is -2.22. The van der Waals surface area contributed by atoms with Crippen molar-refractivity contribution in [3.05, 3.63) is 113 Å². The van der Waals surface area contributed by atoms with Gasteiger partial charge in [0.2, 0.25) is 5.91 Å². The molecule has 9 nitrogen and oxygen atoms in total. The predicted molar refractivity (Wildman–Crippen MR) is 212 cm³/mol. The molecule has 1 fully saturated rings. The Morgan fingerprint density at radius 1 is 0.925 bits per heavy atom. The third kappa shape index (κ3) is 10.4. The maximum atomic E-state index is 12.9. The zero-order valence-electron chi connectivity index (χ0n) is 30.9. The lowest BCUT2D eigenvalue weighted by atomic mass is 9.97. The van der Waals surface area contributed by atoms with Crippen LogP contribution in [0.2, 0.25) is 0 Å². The van der Waals surface area contributed by atoms with Crippen molar-refractivity contribution < 1.29 is 28.9 Å². The zero-order valence-corrected chi connectivity index (χ0v) is 31.8. The van der Waals surface area contributed by atoms with Crippen LogP contribution in [0.5, 0.6) is 11.5 Å². The molecular weight excluding hydrogens is 687 g/mol. The summed E-state index contributed by atoms with van der Waals surface area (Å²) in [4.78, 5) is 28.7.